The summed E-state index contributed by atoms with van der Waals surface area (Å²) in [5, 5.41) is 10.4. The van der Waals surface area contributed by atoms with Gasteiger partial charge >= 0.3 is 6.09 Å². The maximum absolute atomic E-state index is 11.3. The second kappa shape index (κ2) is 9.89. The van der Waals surface area contributed by atoms with Crippen LogP contribution in [0.4, 0.5) is 10.6 Å². The monoisotopic (exact) mass is 502 g/mol. The number of amides is 1. The normalized spacial score (nSPS) is 16.9. The van der Waals surface area contributed by atoms with Crippen LogP contribution in [0.15, 0.2) is 30.7 Å². The molecule has 0 radical (unpaired) electrons. The Balaban J connectivity index is 1.58. The standard InChI is InChI=1S/C23H31ClN6O3Si/c1-16-13-28(23(31)32)7-8-29(16)20-6-5-17(12-25-20)19-11-18-21(24)26-14-27-22(18)30(19)15-33-9-10-34(2,3)4/h5-6,11-12,14,16H,7-10,13,15H2,1-4H3,(H,31,32). The van der Waals surface area contributed by atoms with E-state index in [9.17, 15) is 9.90 Å². The van der Waals surface area contributed by atoms with Gasteiger partial charge in [0, 0.05) is 52.1 Å². The summed E-state index contributed by atoms with van der Waals surface area (Å²) in [6.45, 7) is 11.6. The van der Waals surface area contributed by atoms with Crippen molar-refractivity contribution in [2.75, 3.05) is 31.1 Å². The second-order valence-electron chi connectivity index (χ2n) is 9.88. The van der Waals surface area contributed by atoms with Crippen LogP contribution in [0.1, 0.15) is 6.92 Å². The molecule has 9 nitrogen and oxygen atoms in total. The molecule has 1 fully saturated rings. The number of aromatic nitrogens is 4. The van der Waals surface area contributed by atoms with Crippen molar-refractivity contribution in [2.24, 2.45) is 0 Å². The van der Waals surface area contributed by atoms with Gasteiger partial charge in [-0.05, 0) is 31.2 Å². The summed E-state index contributed by atoms with van der Waals surface area (Å²) in [7, 11) is -1.19. The summed E-state index contributed by atoms with van der Waals surface area (Å²) >= 11 is 6.36. The molecule has 0 saturated carbocycles. The summed E-state index contributed by atoms with van der Waals surface area (Å²) in [5.74, 6) is 0.827. The molecule has 1 aliphatic rings. The Kier molecular flexibility index (Phi) is 7.11. The highest BCUT2D eigenvalue weighted by Gasteiger charge is 2.27. The number of piperazine rings is 1. The number of nitrogens with zero attached hydrogens (tertiary/aromatic N) is 6. The zero-order valence-corrected chi connectivity index (χ0v) is 21.8. The van der Waals surface area contributed by atoms with Crippen molar-refractivity contribution in [1.29, 1.82) is 0 Å². The van der Waals surface area contributed by atoms with Gasteiger partial charge in [0.05, 0.1) is 11.1 Å². The van der Waals surface area contributed by atoms with E-state index in [1.165, 1.54) is 11.2 Å². The first-order valence-electron chi connectivity index (χ1n) is 11.4. The molecular weight excluding hydrogens is 472 g/mol. The first kappa shape index (κ1) is 24.4. The lowest BCUT2D eigenvalue weighted by molar-refractivity contribution is 0.0909. The molecule has 3 aromatic rings. The van der Waals surface area contributed by atoms with E-state index in [1.807, 2.05) is 35.9 Å². The van der Waals surface area contributed by atoms with E-state index in [-0.39, 0.29) is 6.04 Å². The first-order valence-corrected chi connectivity index (χ1v) is 15.5. The van der Waals surface area contributed by atoms with Crippen LogP contribution < -0.4 is 4.90 Å². The molecule has 1 unspecified atom stereocenters. The van der Waals surface area contributed by atoms with Gasteiger partial charge in [-0.25, -0.2) is 19.7 Å². The van der Waals surface area contributed by atoms with Crippen LogP contribution in [0, 0.1) is 0 Å². The zero-order chi connectivity index (χ0) is 24.5. The number of pyridine rings is 1. The summed E-state index contributed by atoms with van der Waals surface area (Å²) in [5.41, 5.74) is 2.56. The molecular formula is C23H31ClN6O3Si. The highest BCUT2D eigenvalue weighted by molar-refractivity contribution is 6.76. The molecule has 11 heteroatoms. The van der Waals surface area contributed by atoms with E-state index < -0.39 is 14.2 Å². The van der Waals surface area contributed by atoms with Crippen molar-refractivity contribution >= 4 is 42.6 Å². The molecule has 1 saturated heterocycles. The zero-order valence-electron chi connectivity index (χ0n) is 20.0. The molecule has 1 atom stereocenters. The summed E-state index contributed by atoms with van der Waals surface area (Å²) in [6.07, 6.45) is 2.42. The fraction of sp³-hybridized carbons (Fsp3) is 0.478. The van der Waals surface area contributed by atoms with Crippen molar-refractivity contribution in [3.05, 3.63) is 35.9 Å². The molecule has 34 heavy (non-hydrogen) atoms. The van der Waals surface area contributed by atoms with Gasteiger partial charge < -0.3 is 24.2 Å². The highest BCUT2D eigenvalue weighted by Crippen LogP contribution is 2.31. The largest absolute Gasteiger partial charge is 0.465 e. The van der Waals surface area contributed by atoms with Crippen LogP contribution in [0.3, 0.4) is 0 Å². The van der Waals surface area contributed by atoms with Crippen LogP contribution in [0.25, 0.3) is 22.3 Å². The Hall–Kier alpha value is -2.69. The van der Waals surface area contributed by atoms with Crippen molar-refractivity contribution in [3.63, 3.8) is 0 Å². The van der Waals surface area contributed by atoms with Gasteiger partial charge in [0.1, 0.15) is 29.7 Å². The molecule has 1 N–H and O–H groups in total. The van der Waals surface area contributed by atoms with Gasteiger partial charge in [-0.1, -0.05) is 31.2 Å². The smallest absolute Gasteiger partial charge is 0.407 e. The lowest BCUT2D eigenvalue weighted by Crippen LogP contribution is -2.53. The van der Waals surface area contributed by atoms with Gasteiger partial charge in [-0.2, -0.15) is 0 Å². The van der Waals surface area contributed by atoms with E-state index in [1.54, 1.807) is 0 Å². The maximum Gasteiger partial charge on any atom is 0.407 e. The number of hydrogen-bond acceptors (Lipinski definition) is 6. The third kappa shape index (κ3) is 5.34. The fourth-order valence-electron chi connectivity index (χ4n) is 4.12. The van der Waals surface area contributed by atoms with Gasteiger partial charge in [0.25, 0.3) is 0 Å². The van der Waals surface area contributed by atoms with Crippen LogP contribution >= 0.6 is 11.6 Å². The van der Waals surface area contributed by atoms with Crippen molar-refractivity contribution in [3.8, 4) is 11.3 Å². The summed E-state index contributed by atoms with van der Waals surface area (Å²) in [6, 6.07) is 7.10. The Bertz CT molecular complexity index is 1160. The van der Waals surface area contributed by atoms with Crippen molar-refractivity contribution in [2.45, 2.75) is 45.4 Å². The minimum atomic E-state index is -1.19. The molecule has 0 aliphatic carbocycles. The fourth-order valence-corrected chi connectivity index (χ4v) is 5.06. The third-order valence-corrected chi connectivity index (χ3v) is 8.10. The van der Waals surface area contributed by atoms with E-state index >= 15 is 0 Å². The maximum atomic E-state index is 11.3. The SMILES string of the molecule is CC1CN(C(=O)O)CCN1c1ccc(-c2cc3c(Cl)ncnc3n2COCC[Si](C)(C)C)cn1. The molecule has 1 aliphatic heterocycles. The third-order valence-electron chi connectivity index (χ3n) is 6.09. The molecule has 0 aromatic carbocycles. The van der Waals surface area contributed by atoms with E-state index in [2.05, 4.69) is 34.5 Å². The molecule has 4 heterocycles. The number of hydrogen-bond donors (Lipinski definition) is 1. The van der Waals surface area contributed by atoms with E-state index in [4.69, 9.17) is 21.3 Å². The number of anilines is 1. The Labute approximate surface area is 205 Å². The Morgan fingerprint density at radius 3 is 2.68 bits per heavy atom. The lowest BCUT2D eigenvalue weighted by Gasteiger charge is -2.39. The molecule has 4 rings (SSSR count). The summed E-state index contributed by atoms with van der Waals surface area (Å²) in [4.78, 5) is 28.1. The molecule has 3 aromatic heterocycles. The number of halogens is 1. The minimum absolute atomic E-state index is 0.0449. The Morgan fingerprint density at radius 2 is 2.03 bits per heavy atom. The second-order valence-corrected chi connectivity index (χ2v) is 15.9. The molecule has 0 spiro atoms. The summed E-state index contributed by atoms with van der Waals surface area (Å²) < 4.78 is 8.05. The number of fused-ring (bicyclic) bond motifs is 1. The number of rotatable bonds is 7. The quantitative estimate of drug-likeness (QED) is 0.285. The van der Waals surface area contributed by atoms with Gasteiger partial charge in [0.15, 0.2) is 0 Å². The molecule has 182 valence electrons. The molecule has 0 bridgehead atoms. The van der Waals surface area contributed by atoms with Crippen molar-refractivity contribution < 1.29 is 14.6 Å². The number of carbonyl (C=O) groups is 1. The van der Waals surface area contributed by atoms with Crippen LogP contribution in [-0.2, 0) is 11.5 Å². The van der Waals surface area contributed by atoms with E-state index in [0.29, 0.717) is 38.1 Å². The Morgan fingerprint density at radius 1 is 1.24 bits per heavy atom. The minimum Gasteiger partial charge on any atom is -0.465 e. The lowest BCUT2D eigenvalue weighted by atomic mass is 10.1. The topological polar surface area (TPSA) is 96.6 Å². The first-order chi connectivity index (χ1) is 16.1. The number of ether oxygens (including phenoxy) is 1. The highest BCUT2D eigenvalue weighted by atomic mass is 35.5. The molecule has 1 amide bonds. The predicted octanol–water partition coefficient (Wildman–Crippen LogP) is 4.65. The van der Waals surface area contributed by atoms with Gasteiger partial charge in [-0.15, -0.1) is 0 Å². The van der Waals surface area contributed by atoms with E-state index in [0.717, 1.165) is 34.2 Å². The van der Waals surface area contributed by atoms with Crippen molar-refractivity contribution in [1.82, 2.24) is 24.4 Å². The van der Waals surface area contributed by atoms with Gasteiger partial charge in [0.2, 0.25) is 0 Å². The predicted molar refractivity (Wildman–Crippen MR) is 136 cm³/mol. The average Bonchev–Trinajstić information content (AvgIpc) is 3.16. The van der Waals surface area contributed by atoms with Crippen LogP contribution in [0.2, 0.25) is 30.8 Å². The van der Waals surface area contributed by atoms with Crippen LogP contribution in [-0.4, -0.2) is 76.0 Å². The number of carboxylic acid groups (broad SMARTS) is 1. The average molecular weight is 503 g/mol. The van der Waals surface area contributed by atoms with Gasteiger partial charge in [-0.3, -0.25) is 0 Å². The van der Waals surface area contributed by atoms with Crippen LogP contribution in [0.5, 0.6) is 0 Å².